The lowest BCUT2D eigenvalue weighted by atomic mass is 10.2. The van der Waals surface area contributed by atoms with Gasteiger partial charge in [0.15, 0.2) is 5.43 Å². The molecule has 0 amide bonds. The van der Waals surface area contributed by atoms with Crippen molar-refractivity contribution < 1.29 is 0 Å². The van der Waals surface area contributed by atoms with Crippen molar-refractivity contribution >= 4 is 10.8 Å². The van der Waals surface area contributed by atoms with Crippen molar-refractivity contribution in [2.75, 3.05) is 0 Å². The van der Waals surface area contributed by atoms with Crippen LogP contribution in [-0.2, 0) is 6.54 Å². The maximum atomic E-state index is 12.7. The molecular formula is C18H15NO2. The summed E-state index contributed by atoms with van der Waals surface area (Å²) in [6.45, 7) is 2.26. The van der Waals surface area contributed by atoms with Gasteiger partial charge in [-0.2, -0.15) is 0 Å². The van der Waals surface area contributed by atoms with E-state index in [2.05, 4.69) is 0 Å². The van der Waals surface area contributed by atoms with Gasteiger partial charge >= 0.3 is 0 Å². The summed E-state index contributed by atoms with van der Waals surface area (Å²) in [5, 5.41) is 0.934. The van der Waals surface area contributed by atoms with Crippen LogP contribution in [0.25, 0.3) is 10.8 Å². The van der Waals surface area contributed by atoms with E-state index >= 15 is 0 Å². The molecule has 3 aromatic rings. The standard InChI is InChI=1S/C18H15NO2/c1-13-11-17(20)15-9-5-6-10-16(15)18(21)19(13)12-14-7-3-2-4-8-14/h2-11H,12H2,1H3. The largest absolute Gasteiger partial charge is 0.308 e. The number of fused-ring (bicyclic) bond motifs is 1. The lowest BCUT2D eigenvalue weighted by Crippen LogP contribution is -2.20. The van der Waals surface area contributed by atoms with E-state index in [1.54, 1.807) is 35.8 Å². The van der Waals surface area contributed by atoms with Crippen molar-refractivity contribution in [2.45, 2.75) is 13.5 Å². The fourth-order valence-electron chi connectivity index (χ4n) is 2.50. The molecule has 21 heavy (non-hydrogen) atoms. The Morgan fingerprint density at radius 3 is 2.19 bits per heavy atom. The lowest BCUT2D eigenvalue weighted by molar-refractivity contribution is 0.741. The molecule has 1 aromatic heterocycles. The zero-order chi connectivity index (χ0) is 14.8. The van der Waals surface area contributed by atoms with E-state index in [-0.39, 0.29) is 11.0 Å². The van der Waals surface area contributed by atoms with Crippen molar-refractivity contribution in [1.29, 1.82) is 0 Å². The summed E-state index contributed by atoms with van der Waals surface area (Å²) >= 11 is 0. The van der Waals surface area contributed by atoms with Crippen molar-refractivity contribution in [2.24, 2.45) is 0 Å². The summed E-state index contributed by atoms with van der Waals surface area (Å²) in [4.78, 5) is 24.9. The number of hydrogen-bond acceptors (Lipinski definition) is 2. The van der Waals surface area contributed by atoms with Gasteiger partial charge in [-0.15, -0.1) is 0 Å². The van der Waals surface area contributed by atoms with E-state index in [4.69, 9.17) is 0 Å². The minimum atomic E-state index is -0.131. The van der Waals surface area contributed by atoms with Gasteiger partial charge in [-0.25, -0.2) is 0 Å². The van der Waals surface area contributed by atoms with Gasteiger partial charge in [0.1, 0.15) is 0 Å². The molecule has 3 rings (SSSR count). The first-order chi connectivity index (χ1) is 10.2. The molecule has 0 atom stereocenters. The Kier molecular flexibility index (Phi) is 3.40. The summed E-state index contributed by atoms with van der Waals surface area (Å²) < 4.78 is 1.65. The summed E-state index contributed by atoms with van der Waals surface area (Å²) in [5.74, 6) is 0. The second kappa shape index (κ2) is 5.37. The molecule has 2 aromatic carbocycles. The topological polar surface area (TPSA) is 39.1 Å². The summed E-state index contributed by atoms with van der Waals surface area (Å²) in [6.07, 6.45) is 0. The highest BCUT2D eigenvalue weighted by Crippen LogP contribution is 2.07. The van der Waals surface area contributed by atoms with E-state index in [0.717, 1.165) is 5.56 Å². The van der Waals surface area contributed by atoms with Crippen LogP contribution in [0.3, 0.4) is 0 Å². The Morgan fingerprint density at radius 1 is 0.857 bits per heavy atom. The van der Waals surface area contributed by atoms with Crippen molar-refractivity contribution in [3.63, 3.8) is 0 Å². The second-order valence-corrected chi connectivity index (χ2v) is 5.07. The smallest absolute Gasteiger partial charge is 0.259 e. The normalized spacial score (nSPS) is 10.7. The molecule has 0 aliphatic heterocycles. The van der Waals surface area contributed by atoms with Gasteiger partial charge < -0.3 is 4.57 Å². The predicted molar refractivity (Wildman–Crippen MR) is 84.8 cm³/mol. The molecule has 1 heterocycles. The van der Waals surface area contributed by atoms with Crippen LogP contribution in [0.4, 0.5) is 0 Å². The highest BCUT2D eigenvalue weighted by atomic mass is 16.1. The van der Waals surface area contributed by atoms with E-state index < -0.39 is 0 Å². The van der Waals surface area contributed by atoms with Crippen molar-refractivity contribution in [3.8, 4) is 0 Å². The second-order valence-electron chi connectivity index (χ2n) is 5.07. The molecule has 104 valence electrons. The van der Waals surface area contributed by atoms with Crippen LogP contribution < -0.4 is 11.0 Å². The zero-order valence-corrected chi connectivity index (χ0v) is 11.7. The van der Waals surface area contributed by atoms with Gasteiger partial charge in [0, 0.05) is 17.1 Å². The first kappa shape index (κ1) is 13.3. The van der Waals surface area contributed by atoms with E-state index in [1.165, 1.54) is 6.07 Å². The van der Waals surface area contributed by atoms with Crippen LogP contribution >= 0.6 is 0 Å². The molecule has 0 spiro atoms. The number of aromatic nitrogens is 1. The van der Waals surface area contributed by atoms with Crippen LogP contribution in [0, 0.1) is 6.92 Å². The molecule has 0 saturated heterocycles. The number of aryl methyl sites for hydroxylation is 1. The van der Waals surface area contributed by atoms with Gasteiger partial charge in [-0.05, 0) is 18.6 Å². The molecule has 3 nitrogen and oxygen atoms in total. The van der Waals surface area contributed by atoms with Crippen LogP contribution in [0.1, 0.15) is 11.3 Å². The summed E-state index contributed by atoms with van der Waals surface area (Å²) in [5.41, 5.74) is 1.46. The molecule has 0 radical (unpaired) electrons. The van der Waals surface area contributed by atoms with Gasteiger partial charge in [-0.1, -0.05) is 48.5 Å². The zero-order valence-electron chi connectivity index (χ0n) is 11.7. The third kappa shape index (κ3) is 2.50. The highest BCUT2D eigenvalue weighted by Gasteiger charge is 2.07. The number of hydrogen-bond donors (Lipinski definition) is 0. The monoisotopic (exact) mass is 277 g/mol. The predicted octanol–water partition coefficient (Wildman–Crippen LogP) is 2.72. The fraction of sp³-hybridized carbons (Fsp3) is 0.111. The van der Waals surface area contributed by atoms with Gasteiger partial charge in [0.05, 0.1) is 11.9 Å². The molecule has 0 aliphatic carbocycles. The van der Waals surface area contributed by atoms with E-state index in [9.17, 15) is 9.59 Å². The quantitative estimate of drug-likeness (QED) is 0.722. The van der Waals surface area contributed by atoms with Gasteiger partial charge in [0.25, 0.3) is 5.56 Å². The highest BCUT2D eigenvalue weighted by molar-refractivity contribution is 5.80. The van der Waals surface area contributed by atoms with Gasteiger partial charge in [-0.3, -0.25) is 9.59 Å². The fourth-order valence-corrected chi connectivity index (χ4v) is 2.50. The van der Waals surface area contributed by atoms with Crippen LogP contribution in [0.15, 0.2) is 70.3 Å². The van der Waals surface area contributed by atoms with Crippen molar-refractivity contribution in [1.82, 2.24) is 4.57 Å². The first-order valence-corrected chi connectivity index (χ1v) is 6.84. The third-order valence-electron chi connectivity index (χ3n) is 3.62. The van der Waals surface area contributed by atoms with Gasteiger partial charge in [0.2, 0.25) is 0 Å². The molecule has 0 fully saturated rings. The molecule has 0 saturated carbocycles. The summed E-state index contributed by atoms with van der Waals surface area (Å²) in [7, 11) is 0. The number of nitrogens with zero attached hydrogens (tertiary/aromatic N) is 1. The Bertz CT molecular complexity index is 911. The average Bonchev–Trinajstić information content (AvgIpc) is 2.60. The van der Waals surface area contributed by atoms with Crippen LogP contribution in [0.2, 0.25) is 0 Å². The molecular weight excluding hydrogens is 262 g/mol. The lowest BCUT2D eigenvalue weighted by Gasteiger charge is -2.07. The molecule has 0 unspecified atom stereocenters. The SMILES string of the molecule is Cc1cc(=O)c2ccccc2c(=O)n1Cc1ccccc1. The Balaban J connectivity index is 2.31. The van der Waals surface area contributed by atoms with E-state index in [1.807, 2.05) is 30.3 Å². The number of benzene rings is 2. The molecule has 0 aliphatic rings. The van der Waals surface area contributed by atoms with Crippen LogP contribution in [-0.4, -0.2) is 4.57 Å². The summed E-state index contributed by atoms with van der Waals surface area (Å²) in [6, 6.07) is 18.3. The maximum absolute atomic E-state index is 12.7. The minimum Gasteiger partial charge on any atom is -0.308 e. The van der Waals surface area contributed by atoms with Crippen LogP contribution in [0.5, 0.6) is 0 Å². The maximum Gasteiger partial charge on any atom is 0.259 e. The van der Waals surface area contributed by atoms with Crippen molar-refractivity contribution in [3.05, 3.63) is 92.5 Å². The Morgan fingerprint density at radius 2 is 1.48 bits per heavy atom. The van der Waals surface area contributed by atoms with E-state index in [0.29, 0.717) is 23.0 Å². The average molecular weight is 277 g/mol. The molecule has 0 bridgehead atoms. The Labute approximate surface area is 122 Å². The Hall–Kier alpha value is -2.68. The minimum absolute atomic E-state index is 0.119. The molecule has 0 N–H and O–H groups in total. The number of rotatable bonds is 2. The third-order valence-corrected chi connectivity index (χ3v) is 3.62. The molecule has 3 heteroatoms. The first-order valence-electron chi connectivity index (χ1n) is 6.84.